The van der Waals surface area contributed by atoms with Crippen LogP contribution in [0.15, 0.2) is 48.5 Å². The lowest BCUT2D eigenvalue weighted by Crippen LogP contribution is -2.60. The monoisotopic (exact) mass is 364 g/mol. The SMILES string of the molecule is Cc1cccc(CN2CCN3CC(C)[C@](C)(c4cccc(O)c4)CC3C2)c1. The number of aromatic hydroxyl groups is 1. The zero-order chi connectivity index (χ0) is 19.0. The molecule has 2 saturated heterocycles. The summed E-state index contributed by atoms with van der Waals surface area (Å²) in [5.74, 6) is 0.965. The van der Waals surface area contributed by atoms with E-state index >= 15 is 0 Å². The Labute approximate surface area is 163 Å². The molecule has 27 heavy (non-hydrogen) atoms. The minimum absolute atomic E-state index is 0.117. The van der Waals surface area contributed by atoms with Crippen LogP contribution in [0.25, 0.3) is 0 Å². The highest BCUT2D eigenvalue weighted by atomic mass is 16.3. The fourth-order valence-corrected chi connectivity index (χ4v) is 5.11. The standard InChI is InChI=1S/C24H32N2O/c1-18-6-4-7-20(12-18)16-25-10-11-26-15-19(2)24(3,14-22(26)17-25)21-8-5-9-23(27)13-21/h4-9,12-13,19,22,27H,10-11,14-17H2,1-3H3/t19?,22?,24-/m1/s1. The summed E-state index contributed by atoms with van der Waals surface area (Å²) < 4.78 is 0. The summed E-state index contributed by atoms with van der Waals surface area (Å²) in [6.45, 7) is 12.6. The van der Waals surface area contributed by atoms with Gasteiger partial charge in [0.2, 0.25) is 0 Å². The normalized spacial score (nSPS) is 29.4. The van der Waals surface area contributed by atoms with E-state index in [0.717, 1.165) is 39.1 Å². The fourth-order valence-electron chi connectivity index (χ4n) is 5.11. The molecule has 0 aromatic heterocycles. The minimum Gasteiger partial charge on any atom is -0.508 e. The third-order valence-electron chi connectivity index (χ3n) is 6.94. The number of piperidine rings is 1. The molecule has 2 unspecified atom stereocenters. The molecule has 2 aliphatic rings. The summed E-state index contributed by atoms with van der Waals surface area (Å²) in [4.78, 5) is 5.32. The van der Waals surface area contributed by atoms with Crippen molar-refractivity contribution in [2.45, 2.75) is 45.2 Å². The van der Waals surface area contributed by atoms with Gasteiger partial charge in [-0.05, 0) is 47.9 Å². The first-order chi connectivity index (χ1) is 12.9. The second-order valence-electron chi connectivity index (χ2n) is 8.95. The topological polar surface area (TPSA) is 26.7 Å². The van der Waals surface area contributed by atoms with Crippen molar-refractivity contribution >= 4 is 0 Å². The lowest BCUT2D eigenvalue weighted by atomic mass is 9.65. The van der Waals surface area contributed by atoms with Crippen molar-refractivity contribution in [2.24, 2.45) is 5.92 Å². The van der Waals surface area contributed by atoms with Gasteiger partial charge in [-0.2, -0.15) is 0 Å². The van der Waals surface area contributed by atoms with E-state index in [-0.39, 0.29) is 5.41 Å². The summed E-state index contributed by atoms with van der Waals surface area (Å²) >= 11 is 0. The molecule has 3 nitrogen and oxygen atoms in total. The smallest absolute Gasteiger partial charge is 0.115 e. The predicted octanol–water partition coefficient (Wildman–Crippen LogP) is 4.18. The molecular weight excluding hydrogens is 332 g/mol. The number of benzene rings is 2. The Morgan fingerprint density at radius 3 is 2.67 bits per heavy atom. The third-order valence-corrected chi connectivity index (χ3v) is 6.94. The summed E-state index contributed by atoms with van der Waals surface area (Å²) in [7, 11) is 0. The Morgan fingerprint density at radius 1 is 1.07 bits per heavy atom. The number of aryl methyl sites for hydroxylation is 1. The molecule has 1 N–H and O–H groups in total. The molecule has 3 heteroatoms. The third kappa shape index (κ3) is 3.76. The Bertz CT molecular complexity index is 804. The van der Waals surface area contributed by atoms with E-state index in [1.165, 1.54) is 16.7 Å². The second kappa shape index (κ2) is 7.29. The molecular formula is C24H32N2O. The van der Waals surface area contributed by atoms with Gasteiger partial charge in [-0.15, -0.1) is 0 Å². The van der Waals surface area contributed by atoms with Crippen molar-refractivity contribution in [2.75, 3.05) is 26.2 Å². The van der Waals surface area contributed by atoms with Gasteiger partial charge in [0.25, 0.3) is 0 Å². The van der Waals surface area contributed by atoms with Crippen LogP contribution in [0.3, 0.4) is 0 Å². The fraction of sp³-hybridized carbons (Fsp3) is 0.500. The van der Waals surface area contributed by atoms with Crippen molar-refractivity contribution in [3.8, 4) is 5.75 Å². The molecule has 0 bridgehead atoms. The van der Waals surface area contributed by atoms with Crippen LogP contribution in [0.1, 0.15) is 37.0 Å². The van der Waals surface area contributed by atoms with Gasteiger partial charge in [-0.1, -0.05) is 55.8 Å². The van der Waals surface area contributed by atoms with Gasteiger partial charge in [0.15, 0.2) is 0 Å². The first-order valence-corrected chi connectivity index (χ1v) is 10.3. The summed E-state index contributed by atoms with van der Waals surface area (Å²) in [5, 5.41) is 9.99. The average Bonchev–Trinajstić information content (AvgIpc) is 2.63. The maximum atomic E-state index is 9.99. The van der Waals surface area contributed by atoms with E-state index in [9.17, 15) is 5.11 Å². The molecule has 0 radical (unpaired) electrons. The highest BCUT2D eigenvalue weighted by molar-refractivity contribution is 5.34. The van der Waals surface area contributed by atoms with Crippen molar-refractivity contribution < 1.29 is 5.11 Å². The molecule has 0 spiro atoms. The van der Waals surface area contributed by atoms with Crippen molar-refractivity contribution in [1.29, 1.82) is 0 Å². The molecule has 144 valence electrons. The number of phenols is 1. The summed E-state index contributed by atoms with van der Waals surface area (Å²) in [6, 6.07) is 17.4. The summed E-state index contributed by atoms with van der Waals surface area (Å²) in [5.41, 5.74) is 4.16. The Balaban J connectivity index is 1.50. The average molecular weight is 365 g/mol. The highest BCUT2D eigenvalue weighted by Gasteiger charge is 2.44. The largest absolute Gasteiger partial charge is 0.508 e. The van der Waals surface area contributed by atoms with Crippen LogP contribution in [0.4, 0.5) is 0 Å². The van der Waals surface area contributed by atoms with Crippen molar-refractivity contribution in [3.63, 3.8) is 0 Å². The predicted molar refractivity (Wildman–Crippen MR) is 111 cm³/mol. The zero-order valence-electron chi connectivity index (χ0n) is 16.9. The van der Waals surface area contributed by atoms with Gasteiger partial charge in [0.05, 0.1) is 0 Å². The Kier molecular flexibility index (Phi) is 5.00. The molecule has 2 aromatic rings. The Morgan fingerprint density at radius 2 is 1.89 bits per heavy atom. The van der Waals surface area contributed by atoms with Gasteiger partial charge < -0.3 is 5.11 Å². The van der Waals surface area contributed by atoms with Crippen molar-refractivity contribution in [3.05, 3.63) is 65.2 Å². The number of rotatable bonds is 3. The first kappa shape index (κ1) is 18.5. The van der Waals surface area contributed by atoms with Crippen LogP contribution in [-0.2, 0) is 12.0 Å². The minimum atomic E-state index is 0.117. The molecule has 0 amide bonds. The number of hydrogen-bond acceptors (Lipinski definition) is 3. The van der Waals surface area contributed by atoms with E-state index in [1.807, 2.05) is 12.1 Å². The molecule has 2 fully saturated rings. The van der Waals surface area contributed by atoms with Gasteiger partial charge >= 0.3 is 0 Å². The number of nitrogens with zero attached hydrogens (tertiary/aromatic N) is 2. The van der Waals surface area contributed by atoms with E-state index in [0.29, 0.717) is 17.7 Å². The van der Waals surface area contributed by atoms with Crippen LogP contribution in [0, 0.1) is 12.8 Å². The van der Waals surface area contributed by atoms with Crippen LogP contribution in [0.2, 0.25) is 0 Å². The van der Waals surface area contributed by atoms with E-state index in [4.69, 9.17) is 0 Å². The van der Waals surface area contributed by atoms with Gasteiger partial charge in [0.1, 0.15) is 5.75 Å². The molecule has 0 aliphatic carbocycles. The van der Waals surface area contributed by atoms with Crippen molar-refractivity contribution in [1.82, 2.24) is 9.80 Å². The molecule has 2 aliphatic heterocycles. The molecule has 0 saturated carbocycles. The van der Waals surface area contributed by atoms with Gasteiger partial charge in [-0.25, -0.2) is 0 Å². The number of hydrogen-bond donors (Lipinski definition) is 1. The zero-order valence-corrected chi connectivity index (χ0v) is 16.9. The van der Waals surface area contributed by atoms with Crippen LogP contribution in [0.5, 0.6) is 5.75 Å². The van der Waals surface area contributed by atoms with Gasteiger partial charge in [-0.3, -0.25) is 9.80 Å². The number of fused-ring (bicyclic) bond motifs is 1. The quantitative estimate of drug-likeness (QED) is 0.885. The van der Waals surface area contributed by atoms with E-state index in [2.05, 4.69) is 60.9 Å². The van der Waals surface area contributed by atoms with Crippen LogP contribution >= 0.6 is 0 Å². The molecule has 4 rings (SSSR count). The molecule has 2 heterocycles. The number of piperazine rings is 1. The van der Waals surface area contributed by atoms with E-state index < -0.39 is 0 Å². The lowest BCUT2D eigenvalue weighted by molar-refractivity contribution is -0.00558. The highest BCUT2D eigenvalue weighted by Crippen LogP contribution is 2.43. The number of phenolic OH excluding ortho intramolecular Hbond substituents is 1. The summed E-state index contributed by atoms with van der Waals surface area (Å²) in [6.07, 6.45) is 1.15. The van der Waals surface area contributed by atoms with E-state index in [1.54, 1.807) is 6.07 Å². The maximum Gasteiger partial charge on any atom is 0.115 e. The lowest BCUT2D eigenvalue weighted by Gasteiger charge is -2.53. The first-order valence-electron chi connectivity index (χ1n) is 10.3. The molecule has 2 aromatic carbocycles. The van der Waals surface area contributed by atoms with Crippen LogP contribution in [-0.4, -0.2) is 47.1 Å². The Hall–Kier alpha value is -1.84. The van der Waals surface area contributed by atoms with Gasteiger partial charge in [0, 0.05) is 38.8 Å². The second-order valence-corrected chi connectivity index (χ2v) is 8.95. The van der Waals surface area contributed by atoms with Crippen LogP contribution < -0.4 is 0 Å². The maximum absolute atomic E-state index is 9.99. The molecule has 3 atom stereocenters.